The van der Waals surface area contributed by atoms with Gasteiger partial charge < -0.3 is 10.1 Å². The van der Waals surface area contributed by atoms with Crippen LogP contribution in [0.3, 0.4) is 0 Å². The molecule has 0 amide bonds. The predicted octanol–water partition coefficient (Wildman–Crippen LogP) is 4.04. The predicted molar refractivity (Wildman–Crippen MR) is 94.2 cm³/mol. The summed E-state index contributed by atoms with van der Waals surface area (Å²) in [4.78, 5) is 0. The van der Waals surface area contributed by atoms with Crippen LogP contribution >= 0.6 is 34.2 Å². The van der Waals surface area contributed by atoms with Crippen molar-refractivity contribution in [2.24, 2.45) is 0 Å². The molecule has 0 aliphatic carbocycles. The third-order valence-corrected chi connectivity index (χ3v) is 4.56. The number of benzene rings is 1. The Morgan fingerprint density at radius 3 is 2.67 bits per heavy atom. The molecule has 1 aromatic heterocycles. The summed E-state index contributed by atoms with van der Waals surface area (Å²) < 4.78 is 8.62. The molecule has 4 nitrogen and oxygen atoms in total. The first-order valence-corrected chi connectivity index (χ1v) is 8.18. The van der Waals surface area contributed by atoms with Crippen molar-refractivity contribution in [1.29, 1.82) is 0 Å². The van der Waals surface area contributed by atoms with Gasteiger partial charge in [0.15, 0.2) is 5.75 Å². The smallest absolute Gasteiger partial charge is 0.161 e. The van der Waals surface area contributed by atoms with E-state index in [2.05, 4.69) is 46.9 Å². The SMILES string of the molecule is CNC(c1cc(Cl)ccc1I)c1c(OC)cnn1C(C)C. The summed E-state index contributed by atoms with van der Waals surface area (Å²) in [5, 5.41) is 8.53. The Kier molecular flexibility index (Phi) is 5.51. The Morgan fingerprint density at radius 1 is 1.38 bits per heavy atom. The number of methoxy groups -OCH3 is 1. The van der Waals surface area contributed by atoms with Crippen LogP contribution < -0.4 is 10.1 Å². The fraction of sp³-hybridized carbons (Fsp3) is 0.400. The molecule has 1 N–H and O–H groups in total. The molecule has 0 aliphatic heterocycles. The molecule has 0 fully saturated rings. The fourth-order valence-electron chi connectivity index (χ4n) is 2.37. The maximum Gasteiger partial charge on any atom is 0.161 e. The summed E-state index contributed by atoms with van der Waals surface area (Å²) in [6.07, 6.45) is 1.76. The van der Waals surface area contributed by atoms with Gasteiger partial charge in [-0.2, -0.15) is 5.10 Å². The van der Waals surface area contributed by atoms with E-state index in [1.54, 1.807) is 13.3 Å². The molecule has 1 unspecified atom stereocenters. The van der Waals surface area contributed by atoms with Crippen molar-refractivity contribution in [2.45, 2.75) is 25.9 Å². The topological polar surface area (TPSA) is 39.1 Å². The summed E-state index contributed by atoms with van der Waals surface area (Å²) in [5.41, 5.74) is 2.13. The Morgan fingerprint density at radius 2 is 2.10 bits per heavy atom. The van der Waals surface area contributed by atoms with Crippen LogP contribution in [-0.4, -0.2) is 23.9 Å². The van der Waals surface area contributed by atoms with Crippen LogP contribution in [0.5, 0.6) is 5.75 Å². The van der Waals surface area contributed by atoms with Gasteiger partial charge in [0.2, 0.25) is 0 Å². The molecule has 0 aliphatic rings. The minimum absolute atomic E-state index is 0.0320. The van der Waals surface area contributed by atoms with Crippen molar-refractivity contribution in [2.75, 3.05) is 14.2 Å². The summed E-state index contributed by atoms with van der Waals surface area (Å²) in [6, 6.07) is 6.12. The highest BCUT2D eigenvalue weighted by atomic mass is 127. The van der Waals surface area contributed by atoms with Crippen LogP contribution in [0, 0.1) is 3.57 Å². The Hall–Kier alpha value is -0.790. The fourth-order valence-corrected chi connectivity index (χ4v) is 3.20. The van der Waals surface area contributed by atoms with Crippen LogP contribution in [0.2, 0.25) is 5.02 Å². The van der Waals surface area contributed by atoms with E-state index in [0.29, 0.717) is 0 Å². The van der Waals surface area contributed by atoms with Gasteiger partial charge in [0, 0.05) is 14.6 Å². The lowest BCUT2D eigenvalue weighted by atomic mass is 10.0. The molecule has 0 spiro atoms. The van der Waals surface area contributed by atoms with E-state index < -0.39 is 0 Å². The zero-order valence-corrected chi connectivity index (χ0v) is 15.4. The van der Waals surface area contributed by atoms with Gasteiger partial charge in [-0.1, -0.05) is 11.6 Å². The molecule has 0 saturated carbocycles. The minimum atomic E-state index is -0.0320. The van der Waals surface area contributed by atoms with Crippen molar-refractivity contribution in [3.05, 3.63) is 44.2 Å². The summed E-state index contributed by atoms with van der Waals surface area (Å²) in [7, 11) is 3.60. The second kappa shape index (κ2) is 6.98. The zero-order valence-electron chi connectivity index (χ0n) is 12.5. The lowest BCUT2D eigenvalue weighted by Gasteiger charge is -2.22. The van der Waals surface area contributed by atoms with Crippen molar-refractivity contribution in [1.82, 2.24) is 15.1 Å². The first kappa shape index (κ1) is 16.6. The lowest BCUT2D eigenvalue weighted by molar-refractivity contribution is 0.396. The molecule has 2 aromatic rings. The van der Waals surface area contributed by atoms with Crippen molar-refractivity contribution < 1.29 is 4.74 Å². The Labute approximate surface area is 144 Å². The van der Waals surface area contributed by atoms with E-state index in [0.717, 1.165) is 25.6 Å². The molecule has 114 valence electrons. The molecule has 2 rings (SSSR count). The number of hydrogen-bond acceptors (Lipinski definition) is 3. The Bertz CT molecular complexity index is 627. The summed E-state index contributed by atoms with van der Waals surface area (Å²) in [5.74, 6) is 0.777. The molecular weight excluding hydrogens is 401 g/mol. The standard InChI is InChI=1S/C15H19ClIN3O/c1-9(2)20-15(13(21-4)8-19-20)14(18-3)11-7-10(16)5-6-12(11)17/h5-9,14,18H,1-4H3. The largest absolute Gasteiger partial charge is 0.493 e. The van der Waals surface area contributed by atoms with Gasteiger partial charge in [-0.05, 0) is 67.2 Å². The second-order valence-electron chi connectivity index (χ2n) is 5.02. The maximum atomic E-state index is 6.17. The molecule has 0 bridgehead atoms. The molecule has 0 saturated heterocycles. The van der Waals surface area contributed by atoms with Gasteiger partial charge in [0.1, 0.15) is 5.69 Å². The first-order valence-electron chi connectivity index (χ1n) is 6.73. The number of hydrogen-bond donors (Lipinski definition) is 1. The van der Waals surface area contributed by atoms with Crippen LogP contribution in [-0.2, 0) is 0 Å². The number of rotatable bonds is 5. The van der Waals surface area contributed by atoms with Gasteiger partial charge in [-0.15, -0.1) is 0 Å². The second-order valence-corrected chi connectivity index (χ2v) is 6.62. The molecule has 0 radical (unpaired) electrons. The van der Waals surface area contributed by atoms with Crippen LogP contribution in [0.25, 0.3) is 0 Å². The van der Waals surface area contributed by atoms with Gasteiger partial charge >= 0.3 is 0 Å². The van der Waals surface area contributed by atoms with Gasteiger partial charge in [-0.25, -0.2) is 0 Å². The molecule has 1 heterocycles. The van der Waals surface area contributed by atoms with Crippen LogP contribution in [0.1, 0.15) is 37.2 Å². The van der Waals surface area contributed by atoms with E-state index in [4.69, 9.17) is 16.3 Å². The number of halogens is 2. The summed E-state index contributed by atoms with van der Waals surface area (Å²) in [6.45, 7) is 4.21. The lowest BCUT2D eigenvalue weighted by Crippen LogP contribution is -2.24. The van der Waals surface area contributed by atoms with Crippen LogP contribution in [0.4, 0.5) is 0 Å². The molecular formula is C15H19ClIN3O. The number of nitrogens with zero attached hydrogens (tertiary/aromatic N) is 2. The van der Waals surface area contributed by atoms with Crippen molar-refractivity contribution in [3.8, 4) is 5.75 Å². The van der Waals surface area contributed by atoms with Gasteiger partial charge in [0.25, 0.3) is 0 Å². The third-order valence-electron chi connectivity index (χ3n) is 3.34. The normalized spacial score (nSPS) is 12.7. The summed E-state index contributed by atoms with van der Waals surface area (Å²) >= 11 is 8.49. The molecule has 21 heavy (non-hydrogen) atoms. The monoisotopic (exact) mass is 419 g/mol. The van der Waals surface area contributed by atoms with Crippen LogP contribution in [0.15, 0.2) is 24.4 Å². The third kappa shape index (κ3) is 3.35. The van der Waals surface area contributed by atoms with Crippen molar-refractivity contribution in [3.63, 3.8) is 0 Å². The number of nitrogens with one attached hydrogen (secondary N) is 1. The van der Waals surface area contributed by atoms with E-state index in [1.807, 2.05) is 29.9 Å². The zero-order chi connectivity index (χ0) is 15.6. The van der Waals surface area contributed by atoms with E-state index in [1.165, 1.54) is 0 Å². The Balaban J connectivity index is 2.61. The average molecular weight is 420 g/mol. The number of ether oxygens (including phenoxy) is 1. The van der Waals surface area contributed by atoms with E-state index in [-0.39, 0.29) is 12.1 Å². The quantitative estimate of drug-likeness (QED) is 0.744. The van der Waals surface area contributed by atoms with E-state index in [9.17, 15) is 0 Å². The highest BCUT2D eigenvalue weighted by Crippen LogP contribution is 2.34. The molecule has 1 aromatic carbocycles. The highest BCUT2D eigenvalue weighted by molar-refractivity contribution is 14.1. The first-order chi connectivity index (χ1) is 9.99. The van der Waals surface area contributed by atoms with Gasteiger partial charge in [-0.3, -0.25) is 4.68 Å². The highest BCUT2D eigenvalue weighted by Gasteiger charge is 2.25. The molecule has 6 heteroatoms. The van der Waals surface area contributed by atoms with E-state index >= 15 is 0 Å². The van der Waals surface area contributed by atoms with Crippen molar-refractivity contribution >= 4 is 34.2 Å². The maximum absolute atomic E-state index is 6.17. The number of aromatic nitrogens is 2. The van der Waals surface area contributed by atoms with Gasteiger partial charge in [0.05, 0.1) is 19.3 Å². The average Bonchev–Trinajstić information content (AvgIpc) is 2.87. The molecule has 1 atom stereocenters. The minimum Gasteiger partial charge on any atom is -0.493 e.